The number of para-hydroxylation sites is 3. The summed E-state index contributed by atoms with van der Waals surface area (Å²) in [4.78, 5) is 20.3. The highest BCUT2D eigenvalue weighted by molar-refractivity contribution is 6.29. The van der Waals surface area contributed by atoms with Crippen LogP contribution in [0.4, 0.5) is 0 Å². The van der Waals surface area contributed by atoms with Crippen molar-refractivity contribution in [2.24, 2.45) is 0 Å². The highest BCUT2D eigenvalue weighted by Gasteiger charge is 2.22. The van der Waals surface area contributed by atoms with Crippen molar-refractivity contribution >= 4 is 76.3 Å². The lowest BCUT2D eigenvalue weighted by Gasteiger charge is -2.13. The number of fused-ring (bicyclic) bond motifs is 11. The number of benzene rings is 11. The van der Waals surface area contributed by atoms with Gasteiger partial charge in [-0.15, -0.1) is 0 Å². The number of nitrogens with zero attached hydrogens (tertiary/aromatic N) is 4. The molecule has 4 aromatic heterocycles. The Balaban J connectivity index is 0.827. The lowest BCUT2D eigenvalue weighted by Crippen LogP contribution is -2.00. The van der Waals surface area contributed by atoms with Gasteiger partial charge in [0.25, 0.3) is 0 Å². The summed E-state index contributed by atoms with van der Waals surface area (Å²) in [5.41, 5.74) is 15.6. The van der Waals surface area contributed by atoms with Crippen molar-refractivity contribution in [2.45, 2.75) is 0 Å². The third-order valence-electron chi connectivity index (χ3n) is 14.5. The predicted octanol–water partition coefficient (Wildman–Crippen LogP) is 18.2. The SMILES string of the molecule is c1ccc(-c2nc(-c3ccccc3)nc(-c3ccc(-c4ccc5oc6c(-c7cccc(-c8cccc9c8oc8ccc%10c(-c%11ccccc%11)nc%11ccccc%11c%10c89)c7)cccc6c5c4)c4ccccc34)n2)cc1. The zero-order valence-electron chi connectivity index (χ0n) is 39.7. The number of rotatable bonds is 7. The first-order valence-electron chi connectivity index (χ1n) is 24.9. The predicted molar refractivity (Wildman–Crippen MR) is 303 cm³/mol. The smallest absolute Gasteiger partial charge is 0.164 e. The Hall–Kier alpha value is -10.0. The molecule has 0 N–H and O–H groups in total. The molecule has 0 fully saturated rings. The highest BCUT2D eigenvalue weighted by Crippen LogP contribution is 2.45. The Bertz CT molecular complexity index is 4660. The van der Waals surface area contributed by atoms with E-state index in [-0.39, 0.29) is 0 Å². The van der Waals surface area contributed by atoms with E-state index in [1.807, 2.05) is 66.7 Å². The molecule has 344 valence electrons. The zero-order valence-corrected chi connectivity index (χ0v) is 39.7. The molecule has 11 aromatic carbocycles. The van der Waals surface area contributed by atoms with Gasteiger partial charge in [-0.1, -0.05) is 200 Å². The van der Waals surface area contributed by atoms with Gasteiger partial charge in [0.05, 0.1) is 11.2 Å². The minimum atomic E-state index is 0.625. The van der Waals surface area contributed by atoms with Gasteiger partial charge in [-0.2, -0.15) is 0 Å². The van der Waals surface area contributed by atoms with Crippen molar-refractivity contribution in [3.8, 4) is 78.8 Å². The molecule has 0 atom stereocenters. The molecule has 0 saturated heterocycles. The average molecular weight is 945 g/mol. The van der Waals surface area contributed by atoms with E-state index in [2.05, 4.69) is 176 Å². The summed E-state index contributed by atoms with van der Waals surface area (Å²) in [6.07, 6.45) is 0. The minimum Gasteiger partial charge on any atom is -0.455 e. The van der Waals surface area contributed by atoms with Crippen LogP contribution >= 0.6 is 0 Å². The topological polar surface area (TPSA) is 77.8 Å². The standard InChI is InChI=1S/C68H40N4O2/c1-4-17-41(18-5-1)63-55-36-38-60-62(61(55)54-27-12-13-32-58(54)69-63)56-31-16-29-49(65(56)74-60)45-24-14-23-44(39-45)48-28-15-30-52-57-40-46(33-37-59(57)73-64(48)52)47-34-35-53(51-26-11-10-25-50(47)51)68-71-66(42-19-6-2-7-20-42)70-67(72-68)43-21-8-3-9-22-43/h1-40H. The van der Waals surface area contributed by atoms with Gasteiger partial charge in [-0.25, -0.2) is 19.9 Å². The first kappa shape index (κ1) is 41.7. The third-order valence-corrected chi connectivity index (χ3v) is 14.5. The summed E-state index contributed by atoms with van der Waals surface area (Å²) in [6, 6.07) is 84.4. The molecule has 0 amide bonds. The Morgan fingerprint density at radius 1 is 0.243 bits per heavy atom. The molecule has 0 aliphatic rings. The maximum Gasteiger partial charge on any atom is 0.164 e. The van der Waals surface area contributed by atoms with Gasteiger partial charge in [-0.05, 0) is 75.5 Å². The number of furan rings is 2. The molecule has 0 aliphatic heterocycles. The fourth-order valence-corrected chi connectivity index (χ4v) is 11.1. The average Bonchev–Trinajstić information content (AvgIpc) is 4.06. The van der Waals surface area contributed by atoms with Crippen LogP contribution in [0.2, 0.25) is 0 Å². The molecule has 6 nitrogen and oxygen atoms in total. The normalized spacial score (nSPS) is 11.8. The fourth-order valence-electron chi connectivity index (χ4n) is 11.1. The van der Waals surface area contributed by atoms with E-state index >= 15 is 0 Å². The molecular formula is C68H40N4O2. The van der Waals surface area contributed by atoms with Crippen LogP contribution in [-0.2, 0) is 0 Å². The second kappa shape index (κ2) is 16.8. The zero-order chi connectivity index (χ0) is 48.7. The van der Waals surface area contributed by atoms with Crippen molar-refractivity contribution < 1.29 is 8.83 Å². The summed E-state index contributed by atoms with van der Waals surface area (Å²) >= 11 is 0. The quantitative estimate of drug-likeness (QED) is 0.148. The van der Waals surface area contributed by atoms with Crippen LogP contribution in [0.1, 0.15) is 0 Å². The van der Waals surface area contributed by atoms with Gasteiger partial charge in [-0.3, -0.25) is 0 Å². The third kappa shape index (κ3) is 6.73. The van der Waals surface area contributed by atoms with Crippen molar-refractivity contribution in [2.75, 3.05) is 0 Å². The van der Waals surface area contributed by atoms with Gasteiger partial charge >= 0.3 is 0 Å². The van der Waals surface area contributed by atoms with Gasteiger partial charge in [0.15, 0.2) is 17.5 Å². The molecule has 6 heteroatoms. The van der Waals surface area contributed by atoms with Crippen LogP contribution < -0.4 is 0 Å². The van der Waals surface area contributed by atoms with E-state index in [0.717, 1.165) is 138 Å². The summed E-state index contributed by atoms with van der Waals surface area (Å²) in [6.45, 7) is 0. The minimum absolute atomic E-state index is 0.625. The lowest BCUT2D eigenvalue weighted by atomic mass is 9.93. The molecule has 4 heterocycles. The first-order chi connectivity index (χ1) is 36.7. The Labute approximate surface area is 424 Å². The molecule has 0 unspecified atom stereocenters. The Morgan fingerprint density at radius 2 is 0.743 bits per heavy atom. The molecule has 15 aromatic rings. The van der Waals surface area contributed by atoms with Crippen molar-refractivity contribution in [1.29, 1.82) is 0 Å². The van der Waals surface area contributed by atoms with Gasteiger partial charge in [0, 0.05) is 71.1 Å². The summed E-state index contributed by atoms with van der Waals surface area (Å²) in [5, 5.41) is 9.79. The van der Waals surface area contributed by atoms with Gasteiger partial charge in [0.2, 0.25) is 0 Å². The van der Waals surface area contributed by atoms with Crippen LogP contribution in [0.3, 0.4) is 0 Å². The monoisotopic (exact) mass is 944 g/mol. The van der Waals surface area contributed by atoms with Crippen molar-refractivity contribution in [3.05, 3.63) is 243 Å². The van der Waals surface area contributed by atoms with Crippen LogP contribution in [0, 0.1) is 0 Å². The maximum atomic E-state index is 6.89. The highest BCUT2D eigenvalue weighted by atomic mass is 16.3. The summed E-state index contributed by atoms with van der Waals surface area (Å²) < 4.78 is 13.7. The van der Waals surface area contributed by atoms with Crippen LogP contribution in [-0.4, -0.2) is 19.9 Å². The molecule has 0 saturated carbocycles. The summed E-state index contributed by atoms with van der Waals surface area (Å²) in [7, 11) is 0. The van der Waals surface area contributed by atoms with Crippen molar-refractivity contribution in [3.63, 3.8) is 0 Å². The van der Waals surface area contributed by atoms with E-state index in [1.54, 1.807) is 0 Å². The van der Waals surface area contributed by atoms with Crippen LogP contribution in [0.5, 0.6) is 0 Å². The van der Waals surface area contributed by atoms with E-state index < -0.39 is 0 Å². The number of aromatic nitrogens is 4. The van der Waals surface area contributed by atoms with E-state index in [0.29, 0.717) is 17.5 Å². The van der Waals surface area contributed by atoms with Gasteiger partial charge < -0.3 is 8.83 Å². The largest absolute Gasteiger partial charge is 0.455 e. The molecule has 0 bridgehead atoms. The summed E-state index contributed by atoms with van der Waals surface area (Å²) in [5.74, 6) is 1.89. The Morgan fingerprint density at radius 3 is 1.45 bits per heavy atom. The molecule has 0 aliphatic carbocycles. The maximum absolute atomic E-state index is 6.89. The number of pyridine rings is 1. The van der Waals surface area contributed by atoms with Gasteiger partial charge in [0.1, 0.15) is 22.3 Å². The van der Waals surface area contributed by atoms with Crippen molar-refractivity contribution in [1.82, 2.24) is 19.9 Å². The second-order valence-corrected chi connectivity index (χ2v) is 18.8. The lowest BCUT2D eigenvalue weighted by molar-refractivity contribution is 0.670. The molecule has 0 spiro atoms. The van der Waals surface area contributed by atoms with Crippen LogP contribution in [0.25, 0.3) is 155 Å². The van der Waals surface area contributed by atoms with Crippen LogP contribution in [0.15, 0.2) is 251 Å². The first-order valence-corrected chi connectivity index (χ1v) is 24.9. The number of hydrogen-bond donors (Lipinski definition) is 0. The molecule has 0 radical (unpaired) electrons. The fraction of sp³-hybridized carbons (Fsp3) is 0. The molecule has 15 rings (SSSR count). The van der Waals surface area contributed by atoms with E-state index in [1.165, 1.54) is 0 Å². The molecule has 74 heavy (non-hydrogen) atoms. The molecular weight excluding hydrogens is 905 g/mol. The second-order valence-electron chi connectivity index (χ2n) is 18.8. The van der Waals surface area contributed by atoms with E-state index in [9.17, 15) is 0 Å². The van der Waals surface area contributed by atoms with E-state index in [4.69, 9.17) is 28.8 Å². The number of hydrogen-bond acceptors (Lipinski definition) is 6. The Kier molecular flexibility index (Phi) is 9.47.